The molecule has 0 atom stereocenters. The minimum Gasteiger partial charge on any atom is -0.493 e. The summed E-state index contributed by atoms with van der Waals surface area (Å²) in [6.07, 6.45) is 2.72. The first-order valence-corrected chi connectivity index (χ1v) is 14.7. The maximum absolute atomic E-state index is 13.2. The number of carbonyl (C=O) groups excluding carboxylic acids is 2. The number of halogens is 1. The molecule has 5 rings (SSSR count). The SMILES string of the molecule is COc1ccc(/C(Cl)=C(\C=C\C(=O)Nc2ccc3ncsc3c2)CC(=O)Nc2ccc3ncsc3c2)c(OC)c1OC. The Morgan fingerprint density at radius 2 is 1.43 bits per heavy atom. The largest absolute Gasteiger partial charge is 0.493 e. The second-order valence-electron chi connectivity index (χ2n) is 8.84. The monoisotopic (exact) mass is 620 g/mol. The molecule has 2 heterocycles. The number of anilines is 2. The summed E-state index contributed by atoms with van der Waals surface area (Å²) in [5.74, 6) is 0.403. The summed E-state index contributed by atoms with van der Waals surface area (Å²) in [5.41, 5.74) is 7.29. The standard InChI is InChI=1S/C30H25ClN4O5S2/c1-38-23-10-7-20(29(39-2)30(23)40-3)28(31)17(12-27(37)35-19-6-9-22-25(14-19)42-16-33-22)4-11-26(36)34-18-5-8-21-24(13-18)41-15-32-21/h4-11,13-16H,12H2,1-3H3,(H,34,36)(H,35,37)/b11-4+,28-17-. The van der Waals surface area contributed by atoms with Gasteiger partial charge in [-0.25, -0.2) is 9.97 Å². The molecule has 0 saturated carbocycles. The molecule has 0 fully saturated rings. The Morgan fingerprint density at radius 3 is 2.02 bits per heavy atom. The van der Waals surface area contributed by atoms with E-state index in [1.54, 1.807) is 35.3 Å². The van der Waals surface area contributed by atoms with Gasteiger partial charge in [0.2, 0.25) is 17.6 Å². The van der Waals surface area contributed by atoms with Gasteiger partial charge < -0.3 is 24.8 Å². The summed E-state index contributed by atoms with van der Waals surface area (Å²) in [6.45, 7) is 0. The van der Waals surface area contributed by atoms with E-state index in [1.807, 2.05) is 24.3 Å². The molecule has 3 aromatic carbocycles. The molecule has 2 N–H and O–H groups in total. The zero-order valence-corrected chi connectivity index (χ0v) is 25.2. The molecule has 0 aliphatic rings. The number of hydrogen-bond acceptors (Lipinski definition) is 9. The zero-order chi connectivity index (χ0) is 29.6. The van der Waals surface area contributed by atoms with E-state index in [0.717, 1.165) is 20.4 Å². The molecule has 0 radical (unpaired) electrons. The molecule has 5 aromatic rings. The van der Waals surface area contributed by atoms with Crippen molar-refractivity contribution in [2.45, 2.75) is 6.42 Å². The van der Waals surface area contributed by atoms with Crippen LogP contribution >= 0.6 is 34.3 Å². The van der Waals surface area contributed by atoms with Crippen LogP contribution in [0.1, 0.15) is 12.0 Å². The van der Waals surface area contributed by atoms with Crippen molar-refractivity contribution < 1.29 is 23.8 Å². The van der Waals surface area contributed by atoms with Crippen LogP contribution in [0, 0.1) is 0 Å². The smallest absolute Gasteiger partial charge is 0.248 e. The van der Waals surface area contributed by atoms with Gasteiger partial charge in [0, 0.05) is 23.0 Å². The minimum atomic E-state index is -0.392. The first kappa shape index (κ1) is 29.1. The second-order valence-corrected chi connectivity index (χ2v) is 11.0. The van der Waals surface area contributed by atoms with Gasteiger partial charge in [-0.15, -0.1) is 22.7 Å². The van der Waals surface area contributed by atoms with Crippen LogP contribution in [0.25, 0.3) is 25.5 Å². The molecule has 9 nitrogen and oxygen atoms in total. The number of fused-ring (bicyclic) bond motifs is 2. The van der Waals surface area contributed by atoms with Gasteiger partial charge in [0.25, 0.3) is 0 Å². The van der Waals surface area contributed by atoms with Crippen LogP contribution in [0.4, 0.5) is 11.4 Å². The van der Waals surface area contributed by atoms with E-state index in [9.17, 15) is 9.59 Å². The molecular formula is C30H25ClN4O5S2. The summed E-state index contributed by atoms with van der Waals surface area (Å²) >= 11 is 9.88. The van der Waals surface area contributed by atoms with Gasteiger partial charge in [-0.05, 0) is 54.1 Å². The van der Waals surface area contributed by atoms with Crippen molar-refractivity contribution in [2.24, 2.45) is 0 Å². The molecule has 12 heteroatoms. The van der Waals surface area contributed by atoms with Gasteiger partial charge in [0.15, 0.2) is 11.5 Å². The third-order valence-electron chi connectivity index (χ3n) is 6.22. The number of nitrogens with zero attached hydrogens (tertiary/aromatic N) is 2. The summed E-state index contributed by atoms with van der Waals surface area (Å²) in [6, 6.07) is 14.3. The van der Waals surface area contributed by atoms with Crippen molar-refractivity contribution in [3.8, 4) is 17.2 Å². The van der Waals surface area contributed by atoms with E-state index < -0.39 is 5.91 Å². The normalized spacial score (nSPS) is 11.9. The van der Waals surface area contributed by atoms with Crippen LogP contribution in [0.15, 0.2) is 77.3 Å². The maximum atomic E-state index is 13.2. The quantitative estimate of drug-likeness (QED) is 0.126. The number of ether oxygens (including phenoxy) is 3. The van der Waals surface area contributed by atoms with Crippen molar-refractivity contribution >= 4 is 82.9 Å². The fourth-order valence-corrected chi connectivity index (χ4v) is 5.97. The molecule has 214 valence electrons. The Bertz CT molecular complexity index is 1850. The molecule has 0 saturated heterocycles. The van der Waals surface area contributed by atoms with Crippen LogP contribution in [0.3, 0.4) is 0 Å². The zero-order valence-electron chi connectivity index (χ0n) is 22.8. The van der Waals surface area contributed by atoms with Crippen LogP contribution in [-0.4, -0.2) is 43.1 Å². The summed E-state index contributed by atoms with van der Waals surface area (Å²) in [4.78, 5) is 34.6. The molecule has 42 heavy (non-hydrogen) atoms. The van der Waals surface area contributed by atoms with E-state index in [1.165, 1.54) is 56.2 Å². The van der Waals surface area contributed by atoms with Gasteiger partial charge in [0.1, 0.15) is 0 Å². The fraction of sp³-hybridized carbons (Fsp3) is 0.133. The van der Waals surface area contributed by atoms with E-state index >= 15 is 0 Å². The van der Waals surface area contributed by atoms with Crippen LogP contribution in [0.5, 0.6) is 17.2 Å². The summed E-state index contributed by atoms with van der Waals surface area (Å²) < 4.78 is 18.4. The molecular weight excluding hydrogens is 596 g/mol. The Balaban J connectivity index is 1.45. The first-order chi connectivity index (χ1) is 20.4. The van der Waals surface area contributed by atoms with Crippen LogP contribution in [-0.2, 0) is 9.59 Å². The van der Waals surface area contributed by atoms with E-state index in [2.05, 4.69) is 20.6 Å². The molecule has 2 aromatic heterocycles. The third kappa shape index (κ3) is 6.38. The average Bonchev–Trinajstić information content (AvgIpc) is 3.67. The van der Waals surface area contributed by atoms with E-state index in [4.69, 9.17) is 25.8 Å². The van der Waals surface area contributed by atoms with Gasteiger partial charge in [-0.1, -0.05) is 17.7 Å². The first-order valence-electron chi connectivity index (χ1n) is 12.5. The highest BCUT2D eigenvalue weighted by Gasteiger charge is 2.20. The highest BCUT2D eigenvalue weighted by atomic mass is 35.5. The molecule has 0 spiro atoms. The number of methoxy groups -OCH3 is 3. The number of nitrogens with one attached hydrogen (secondary N) is 2. The number of rotatable bonds is 10. The summed E-state index contributed by atoms with van der Waals surface area (Å²) in [5, 5.41) is 5.95. The molecule has 2 amide bonds. The van der Waals surface area contributed by atoms with Crippen molar-refractivity contribution in [1.29, 1.82) is 0 Å². The predicted octanol–water partition coefficient (Wildman–Crippen LogP) is 7.11. The van der Waals surface area contributed by atoms with Crippen molar-refractivity contribution in [3.05, 3.63) is 82.8 Å². The average molecular weight is 621 g/mol. The van der Waals surface area contributed by atoms with Gasteiger partial charge in [-0.2, -0.15) is 0 Å². The van der Waals surface area contributed by atoms with Crippen molar-refractivity contribution in [1.82, 2.24) is 9.97 Å². The lowest BCUT2D eigenvalue weighted by molar-refractivity contribution is -0.115. The Hall–Kier alpha value is -4.45. The van der Waals surface area contributed by atoms with Crippen molar-refractivity contribution in [2.75, 3.05) is 32.0 Å². The lowest BCUT2D eigenvalue weighted by Gasteiger charge is -2.17. The van der Waals surface area contributed by atoms with E-state index in [0.29, 0.717) is 39.8 Å². The lowest BCUT2D eigenvalue weighted by Crippen LogP contribution is -2.13. The second kappa shape index (κ2) is 13.0. The highest BCUT2D eigenvalue weighted by Crippen LogP contribution is 2.44. The Kier molecular flexibility index (Phi) is 9.01. The molecule has 0 aliphatic heterocycles. The number of thiazole rings is 2. The van der Waals surface area contributed by atoms with Gasteiger partial charge in [-0.3, -0.25) is 9.59 Å². The van der Waals surface area contributed by atoms with E-state index in [-0.39, 0.29) is 17.4 Å². The highest BCUT2D eigenvalue weighted by molar-refractivity contribution is 7.17. The van der Waals surface area contributed by atoms with Gasteiger partial charge in [0.05, 0.1) is 64.2 Å². The number of aromatic nitrogens is 2. The van der Waals surface area contributed by atoms with Crippen molar-refractivity contribution in [3.63, 3.8) is 0 Å². The van der Waals surface area contributed by atoms with Crippen LogP contribution < -0.4 is 24.8 Å². The minimum absolute atomic E-state index is 0.131. The number of hydrogen-bond donors (Lipinski definition) is 2. The molecule has 0 bridgehead atoms. The third-order valence-corrected chi connectivity index (χ3v) is 8.25. The lowest BCUT2D eigenvalue weighted by atomic mass is 10.0. The number of carbonyl (C=O) groups is 2. The maximum Gasteiger partial charge on any atom is 0.248 e. The Labute approximate surface area is 254 Å². The fourth-order valence-electron chi connectivity index (χ4n) is 4.26. The molecule has 0 aliphatic carbocycles. The van der Waals surface area contributed by atoms with Crippen LogP contribution in [0.2, 0.25) is 0 Å². The molecule has 0 unspecified atom stereocenters. The predicted molar refractivity (Wildman–Crippen MR) is 169 cm³/mol. The number of benzene rings is 3. The number of amides is 2. The van der Waals surface area contributed by atoms with Gasteiger partial charge >= 0.3 is 0 Å². The topological polar surface area (TPSA) is 112 Å². The summed E-state index contributed by atoms with van der Waals surface area (Å²) in [7, 11) is 4.49. The number of allylic oxidation sites excluding steroid dienone is 1. The Morgan fingerprint density at radius 1 is 0.810 bits per heavy atom.